The molecule has 0 aliphatic carbocycles. The van der Waals surface area contributed by atoms with Gasteiger partial charge in [-0.25, -0.2) is 15.0 Å². The van der Waals surface area contributed by atoms with E-state index in [1.54, 1.807) is 12.3 Å². The van der Waals surface area contributed by atoms with Gasteiger partial charge in [0.1, 0.15) is 12.1 Å². The minimum absolute atomic E-state index is 0.0813. The Kier molecular flexibility index (Phi) is 5.02. The van der Waals surface area contributed by atoms with E-state index in [0.717, 1.165) is 23.2 Å². The van der Waals surface area contributed by atoms with Crippen molar-refractivity contribution in [2.24, 2.45) is 0 Å². The van der Waals surface area contributed by atoms with Crippen molar-refractivity contribution < 1.29 is 4.92 Å². The molecular formula is C18H18N6O2. The van der Waals surface area contributed by atoms with Crippen LogP contribution in [0.15, 0.2) is 48.9 Å². The molecule has 1 aromatic carbocycles. The van der Waals surface area contributed by atoms with Crippen molar-refractivity contribution >= 4 is 28.8 Å². The van der Waals surface area contributed by atoms with E-state index in [1.807, 2.05) is 44.2 Å². The monoisotopic (exact) mass is 350 g/mol. The van der Waals surface area contributed by atoms with Crippen LogP contribution in [0.4, 0.5) is 28.8 Å². The summed E-state index contributed by atoms with van der Waals surface area (Å²) in [7, 11) is 0. The number of anilines is 4. The van der Waals surface area contributed by atoms with Crippen molar-refractivity contribution in [2.75, 3.05) is 10.6 Å². The first-order valence-corrected chi connectivity index (χ1v) is 8.12. The number of rotatable bonds is 6. The molecule has 0 bridgehead atoms. The molecule has 8 heteroatoms. The molecule has 3 rings (SSSR count). The molecule has 0 radical (unpaired) electrons. The predicted octanol–water partition coefficient (Wildman–Crippen LogP) is 4.14. The van der Waals surface area contributed by atoms with E-state index >= 15 is 0 Å². The van der Waals surface area contributed by atoms with Crippen molar-refractivity contribution in [3.63, 3.8) is 0 Å². The lowest BCUT2D eigenvalue weighted by Crippen LogP contribution is -2.06. The average Bonchev–Trinajstić information content (AvgIpc) is 2.64. The minimum Gasteiger partial charge on any atom is -0.334 e. The molecule has 0 spiro atoms. The Morgan fingerprint density at radius 1 is 1.04 bits per heavy atom. The SMILES string of the molecule is CCc1ccccc1Nc1ncnc(Nc2ccc(C)cn2)c1[N+](=O)[O-]. The lowest BCUT2D eigenvalue weighted by molar-refractivity contribution is -0.383. The fourth-order valence-electron chi connectivity index (χ4n) is 2.48. The summed E-state index contributed by atoms with van der Waals surface area (Å²) < 4.78 is 0. The molecule has 0 amide bonds. The number of hydrogen-bond donors (Lipinski definition) is 2. The van der Waals surface area contributed by atoms with Gasteiger partial charge in [0.2, 0.25) is 11.6 Å². The summed E-state index contributed by atoms with van der Waals surface area (Å²) >= 11 is 0. The molecule has 2 heterocycles. The van der Waals surface area contributed by atoms with Gasteiger partial charge in [-0.3, -0.25) is 10.1 Å². The van der Waals surface area contributed by atoms with Crippen LogP contribution in [0.5, 0.6) is 0 Å². The molecule has 0 unspecified atom stereocenters. The summed E-state index contributed by atoms with van der Waals surface area (Å²) in [6.45, 7) is 3.93. The van der Waals surface area contributed by atoms with Gasteiger partial charge >= 0.3 is 5.69 Å². The lowest BCUT2D eigenvalue weighted by Gasteiger charge is -2.12. The number of aromatic nitrogens is 3. The number of aryl methyl sites for hydroxylation is 2. The molecule has 0 saturated carbocycles. The smallest absolute Gasteiger partial charge is 0.334 e. The van der Waals surface area contributed by atoms with Gasteiger partial charge in [-0.2, -0.15) is 0 Å². The summed E-state index contributed by atoms with van der Waals surface area (Å²) in [6, 6.07) is 11.2. The highest BCUT2D eigenvalue weighted by Crippen LogP contribution is 2.33. The normalized spacial score (nSPS) is 10.4. The van der Waals surface area contributed by atoms with E-state index in [4.69, 9.17) is 0 Å². The van der Waals surface area contributed by atoms with Crippen LogP contribution in [0.25, 0.3) is 0 Å². The second-order valence-corrected chi connectivity index (χ2v) is 5.66. The number of nitrogens with zero attached hydrogens (tertiary/aromatic N) is 4. The number of pyridine rings is 1. The molecule has 132 valence electrons. The second kappa shape index (κ2) is 7.56. The van der Waals surface area contributed by atoms with Gasteiger partial charge in [-0.15, -0.1) is 0 Å². The van der Waals surface area contributed by atoms with Crippen molar-refractivity contribution in [2.45, 2.75) is 20.3 Å². The van der Waals surface area contributed by atoms with E-state index in [-0.39, 0.29) is 17.3 Å². The Balaban J connectivity index is 1.98. The number of nitrogens with one attached hydrogen (secondary N) is 2. The number of benzene rings is 1. The highest BCUT2D eigenvalue weighted by Gasteiger charge is 2.24. The highest BCUT2D eigenvalue weighted by molar-refractivity contribution is 5.76. The second-order valence-electron chi connectivity index (χ2n) is 5.66. The van der Waals surface area contributed by atoms with Crippen LogP contribution < -0.4 is 10.6 Å². The molecule has 2 N–H and O–H groups in total. The Hall–Kier alpha value is -3.55. The van der Waals surface area contributed by atoms with Crippen molar-refractivity contribution in [1.82, 2.24) is 15.0 Å². The number of hydrogen-bond acceptors (Lipinski definition) is 7. The van der Waals surface area contributed by atoms with Crippen LogP contribution in [-0.2, 0) is 6.42 Å². The van der Waals surface area contributed by atoms with Crippen LogP contribution in [0.1, 0.15) is 18.1 Å². The van der Waals surface area contributed by atoms with Crippen molar-refractivity contribution in [3.8, 4) is 0 Å². The summed E-state index contributed by atoms with van der Waals surface area (Å²) in [5.74, 6) is 0.677. The maximum absolute atomic E-state index is 11.7. The molecule has 8 nitrogen and oxygen atoms in total. The molecular weight excluding hydrogens is 332 g/mol. The van der Waals surface area contributed by atoms with Crippen LogP contribution in [0, 0.1) is 17.0 Å². The summed E-state index contributed by atoms with van der Waals surface area (Å²) in [6.07, 6.45) is 3.74. The summed E-state index contributed by atoms with van der Waals surface area (Å²) in [4.78, 5) is 23.4. The van der Waals surface area contributed by atoms with E-state index in [0.29, 0.717) is 5.82 Å². The van der Waals surface area contributed by atoms with Crippen LogP contribution >= 0.6 is 0 Å². The third-order valence-corrected chi connectivity index (χ3v) is 3.81. The fourth-order valence-corrected chi connectivity index (χ4v) is 2.48. The van der Waals surface area contributed by atoms with Crippen molar-refractivity contribution in [3.05, 3.63) is 70.2 Å². The van der Waals surface area contributed by atoms with E-state index in [9.17, 15) is 10.1 Å². The highest BCUT2D eigenvalue weighted by atomic mass is 16.6. The molecule has 0 aliphatic rings. The third kappa shape index (κ3) is 3.75. The van der Waals surface area contributed by atoms with Gasteiger partial charge in [-0.1, -0.05) is 31.2 Å². The first kappa shape index (κ1) is 17.3. The average molecular weight is 350 g/mol. The Morgan fingerprint density at radius 2 is 1.77 bits per heavy atom. The lowest BCUT2D eigenvalue weighted by atomic mass is 10.1. The molecule has 0 saturated heterocycles. The van der Waals surface area contributed by atoms with Gasteiger partial charge in [0.05, 0.1) is 4.92 Å². The first-order valence-electron chi connectivity index (χ1n) is 8.12. The number of para-hydroxylation sites is 1. The number of nitro groups is 1. The van der Waals surface area contributed by atoms with Crippen molar-refractivity contribution in [1.29, 1.82) is 0 Å². The van der Waals surface area contributed by atoms with Crippen LogP contribution in [0.2, 0.25) is 0 Å². The molecule has 3 aromatic rings. The zero-order chi connectivity index (χ0) is 18.5. The van der Waals surface area contributed by atoms with Crippen LogP contribution in [-0.4, -0.2) is 19.9 Å². The van der Waals surface area contributed by atoms with Gasteiger partial charge in [0.15, 0.2) is 0 Å². The summed E-state index contributed by atoms with van der Waals surface area (Å²) in [5.41, 5.74) is 2.57. The Labute approximate surface area is 150 Å². The maximum Gasteiger partial charge on any atom is 0.353 e. The molecule has 0 atom stereocenters. The molecule has 0 aliphatic heterocycles. The quantitative estimate of drug-likeness (QED) is 0.508. The zero-order valence-electron chi connectivity index (χ0n) is 14.4. The third-order valence-electron chi connectivity index (χ3n) is 3.81. The largest absolute Gasteiger partial charge is 0.353 e. The topological polar surface area (TPSA) is 106 Å². The molecule has 2 aromatic heterocycles. The van der Waals surface area contributed by atoms with E-state index in [1.165, 1.54) is 6.33 Å². The van der Waals surface area contributed by atoms with Gasteiger partial charge in [0, 0.05) is 11.9 Å². The van der Waals surface area contributed by atoms with E-state index in [2.05, 4.69) is 25.6 Å². The molecule has 26 heavy (non-hydrogen) atoms. The Morgan fingerprint density at radius 3 is 2.42 bits per heavy atom. The van der Waals surface area contributed by atoms with Crippen LogP contribution in [0.3, 0.4) is 0 Å². The predicted molar refractivity (Wildman–Crippen MR) is 100 cm³/mol. The van der Waals surface area contributed by atoms with Gasteiger partial charge < -0.3 is 10.6 Å². The standard InChI is InChI=1S/C18H18N6O2/c1-3-13-6-4-5-7-14(13)22-17-16(24(25)26)18(21-11-20-17)23-15-9-8-12(2)10-19-15/h4-11H,3H2,1-2H3,(H2,19,20,21,22,23). The zero-order valence-corrected chi connectivity index (χ0v) is 14.4. The van der Waals surface area contributed by atoms with E-state index < -0.39 is 4.92 Å². The first-order chi connectivity index (χ1) is 12.6. The molecule has 0 fully saturated rings. The fraction of sp³-hybridized carbons (Fsp3) is 0.167. The van der Waals surface area contributed by atoms with Gasteiger partial charge in [0.25, 0.3) is 0 Å². The minimum atomic E-state index is -0.507. The summed E-state index contributed by atoms with van der Waals surface area (Å²) in [5, 5.41) is 17.6. The Bertz CT molecular complexity index is 927. The maximum atomic E-state index is 11.7. The van der Waals surface area contributed by atoms with Gasteiger partial charge in [-0.05, 0) is 36.6 Å².